The Morgan fingerprint density at radius 3 is 2.46 bits per heavy atom. The van der Waals surface area contributed by atoms with E-state index in [1.165, 1.54) is 12.1 Å². The molecule has 2 heterocycles. The van der Waals surface area contributed by atoms with E-state index in [0.29, 0.717) is 55.1 Å². The normalized spacial score (nSPS) is 14.5. The van der Waals surface area contributed by atoms with E-state index in [0.717, 1.165) is 28.8 Å². The van der Waals surface area contributed by atoms with Crippen molar-refractivity contribution >= 4 is 6.09 Å². The molecule has 0 bridgehead atoms. The lowest BCUT2D eigenvalue weighted by atomic mass is 9.91. The molecule has 4 rings (SSSR count). The van der Waals surface area contributed by atoms with Gasteiger partial charge in [-0.3, -0.25) is 0 Å². The number of amides is 1. The van der Waals surface area contributed by atoms with Crippen LogP contribution in [-0.2, 0) is 36.9 Å². The van der Waals surface area contributed by atoms with Crippen LogP contribution < -0.4 is 4.74 Å². The van der Waals surface area contributed by atoms with Gasteiger partial charge >= 0.3 is 12.3 Å². The zero-order valence-electron chi connectivity index (χ0n) is 23.5. The van der Waals surface area contributed by atoms with E-state index in [1.54, 1.807) is 11.8 Å². The zero-order chi connectivity index (χ0) is 29.9. The van der Waals surface area contributed by atoms with Gasteiger partial charge in [-0.05, 0) is 88.4 Å². The van der Waals surface area contributed by atoms with Crippen molar-refractivity contribution in [2.24, 2.45) is 0 Å². The minimum Gasteiger partial charge on any atom is -0.485 e. The van der Waals surface area contributed by atoms with Crippen molar-refractivity contribution in [3.8, 4) is 17.2 Å². The van der Waals surface area contributed by atoms with Crippen molar-refractivity contribution in [1.29, 1.82) is 0 Å². The lowest BCUT2D eigenvalue weighted by Crippen LogP contribution is -2.40. The van der Waals surface area contributed by atoms with Gasteiger partial charge in [-0.1, -0.05) is 6.07 Å². The summed E-state index contributed by atoms with van der Waals surface area (Å²) in [6.45, 7) is 7.62. The van der Waals surface area contributed by atoms with Gasteiger partial charge in [0.2, 0.25) is 5.89 Å². The Balaban J connectivity index is 1.54. The molecule has 2 aromatic carbocycles. The minimum absolute atomic E-state index is 0.0459. The Labute approximate surface area is 236 Å². The standard InChI is InChI=1S/C30H35F3N2O6/c1-18-26(40-27(34-18)20-5-9-21(10-6-20)30(31,32)33)17-39-25-12-8-19(7-11-22(37)16-36)24-15-35(14-13-23(24)25)28(38)41-29(2,3)4/h5-6,8-10,12,22,36-37H,7,11,13-17H2,1-4H3. The van der Waals surface area contributed by atoms with E-state index < -0.39 is 29.5 Å². The number of carbonyl (C=O) groups excluding carboxylic acids is 1. The largest absolute Gasteiger partial charge is 0.485 e. The molecule has 1 unspecified atom stereocenters. The van der Waals surface area contributed by atoms with Crippen LogP contribution in [0.25, 0.3) is 11.5 Å². The summed E-state index contributed by atoms with van der Waals surface area (Å²) in [6, 6.07) is 8.33. The number of rotatable bonds is 8. The number of fused-ring (bicyclic) bond motifs is 1. The molecule has 1 aliphatic heterocycles. The third-order valence-electron chi connectivity index (χ3n) is 6.79. The van der Waals surface area contributed by atoms with Crippen LogP contribution in [0.2, 0.25) is 0 Å². The number of hydrogen-bond donors (Lipinski definition) is 2. The highest BCUT2D eigenvalue weighted by Crippen LogP contribution is 2.34. The van der Waals surface area contributed by atoms with Crippen molar-refractivity contribution < 1.29 is 42.1 Å². The van der Waals surface area contributed by atoms with Crippen LogP contribution in [0.1, 0.15) is 60.9 Å². The van der Waals surface area contributed by atoms with E-state index in [2.05, 4.69) is 4.98 Å². The molecule has 1 aliphatic rings. The molecule has 0 fully saturated rings. The van der Waals surface area contributed by atoms with Crippen LogP contribution >= 0.6 is 0 Å². The van der Waals surface area contributed by atoms with E-state index in [1.807, 2.05) is 32.9 Å². The number of aromatic nitrogens is 1. The van der Waals surface area contributed by atoms with Crippen molar-refractivity contribution in [2.45, 2.75) is 78.0 Å². The highest BCUT2D eigenvalue weighted by molar-refractivity contribution is 5.69. The minimum atomic E-state index is -4.43. The van der Waals surface area contributed by atoms with Crippen LogP contribution in [0.3, 0.4) is 0 Å². The number of halogens is 3. The van der Waals surface area contributed by atoms with Crippen LogP contribution in [-0.4, -0.2) is 51.0 Å². The van der Waals surface area contributed by atoms with Gasteiger partial charge in [0.25, 0.3) is 0 Å². The number of benzene rings is 2. The highest BCUT2D eigenvalue weighted by atomic mass is 19.4. The predicted octanol–water partition coefficient (Wildman–Crippen LogP) is 5.83. The summed E-state index contributed by atoms with van der Waals surface area (Å²) in [5, 5.41) is 19.1. The number of aryl methyl sites for hydroxylation is 2. The van der Waals surface area contributed by atoms with Crippen LogP contribution in [0.4, 0.5) is 18.0 Å². The Morgan fingerprint density at radius 1 is 1.12 bits per heavy atom. The summed E-state index contributed by atoms with van der Waals surface area (Å²) in [4.78, 5) is 18.8. The molecule has 1 amide bonds. The average Bonchev–Trinajstić information content (AvgIpc) is 3.29. The molecule has 3 aromatic rings. The Kier molecular flexibility index (Phi) is 8.98. The van der Waals surface area contributed by atoms with Crippen molar-refractivity contribution in [3.05, 3.63) is 70.1 Å². The molecule has 1 atom stereocenters. The number of nitrogens with zero attached hydrogens (tertiary/aromatic N) is 2. The SMILES string of the molecule is Cc1nc(-c2ccc(C(F)(F)F)cc2)oc1COc1ccc(CCC(O)CO)c2c1CCN(C(=O)OC(C)(C)C)C2. The maximum absolute atomic E-state index is 12.9. The van der Waals surface area contributed by atoms with Gasteiger partial charge in [0, 0.05) is 24.2 Å². The van der Waals surface area contributed by atoms with E-state index in [9.17, 15) is 28.2 Å². The van der Waals surface area contributed by atoms with E-state index >= 15 is 0 Å². The third-order valence-corrected chi connectivity index (χ3v) is 6.79. The first-order valence-corrected chi connectivity index (χ1v) is 13.4. The van der Waals surface area contributed by atoms with E-state index in [4.69, 9.17) is 13.9 Å². The van der Waals surface area contributed by atoms with Gasteiger partial charge in [0.15, 0.2) is 5.76 Å². The molecule has 0 saturated carbocycles. The molecule has 222 valence electrons. The van der Waals surface area contributed by atoms with Crippen LogP contribution in [0, 0.1) is 6.92 Å². The fraction of sp³-hybridized carbons (Fsp3) is 0.467. The lowest BCUT2D eigenvalue weighted by molar-refractivity contribution is -0.137. The maximum atomic E-state index is 12.9. The molecule has 0 radical (unpaired) electrons. The highest BCUT2D eigenvalue weighted by Gasteiger charge is 2.31. The second kappa shape index (κ2) is 12.1. The lowest BCUT2D eigenvalue weighted by Gasteiger charge is -2.33. The predicted molar refractivity (Wildman–Crippen MR) is 144 cm³/mol. The van der Waals surface area contributed by atoms with Gasteiger partial charge in [0.1, 0.15) is 18.0 Å². The Bertz CT molecular complexity index is 1360. The fourth-order valence-corrected chi connectivity index (χ4v) is 4.60. The van der Waals surface area contributed by atoms with Crippen LogP contribution in [0.15, 0.2) is 40.8 Å². The number of ether oxygens (including phenoxy) is 2. The summed E-state index contributed by atoms with van der Waals surface area (Å²) in [6.07, 6.45) is -4.30. The summed E-state index contributed by atoms with van der Waals surface area (Å²) in [7, 11) is 0. The molecule has 1 aromatic heterocycles. The average molecular weight is 577 g/mol. The summed E-state index contributed by atoms with van der Waals surface area (Å²) < 4.78 is 56.3. The topological polar surface area (TPSA) is 105 Å². The summed E-state index contributed by atoms with van der Waals surface area (Å²) in [5.74, 6) is 1.25. The van der Waals surface area contributed by atoms with Gasteiger partial charge < -0.3 is 29.0 Å². The first-order chi connectivity index (χ1) is 19.2. The first kappa shape index (κ1) is 30.4. The summed E-state index contributed by atoms with van der Waals surface area (Å²) >= 11 is 0. The van der Waals surface area contributed by atoms with Crippen molar-refractivity contribution in [2.75, 3.05) is 13.2 Å². The smallest absolute Gasteiger partial charge is 0.416 e. The summed E-state index contributed by atoms with van der Waals surface area (Å²) in [5.41, 5.74) is 2.36. The van der Waals surface area contributed by atoms with Gasteiger partial charge in [-0.15, -0.1) is 0 Å². The molecule has 0 saturated heterocycles. The number of carbonyl (C=O) groups is 1. The van der Waals surface area contributed by atoms with Gasteiger partial charge in [-0.25, -0.2) is 9.78 Å². The van der Waals surface area contributed by atoms with Gasteiger partial charge in [-0.2, -0.15) is 13.2 Å². The quantitative estimate of drug-likeness (QED) is 0.348. The molecule has 0 spiro atoms. The molecule has 2 N–H and O–H groups in total. The number of aliphatic hydroxyl groups excluding tert-OH is 2. The second-order valence-electron chi connectivity index (χ2n) is 11.1. The molecule has 0 aliphatic carbocycles. The number of hydrogen-bond acceptors (Lipinski definition) is 7. The Hall–Kier alpha value is -3.57. The van der Waals surface area contributed by atoms with Crippen molar-refractivity contribution in [1.82, 2.24) is 9.88 Å². The number of aliphatic hydroxyl groups is 2. The third kappa shape index (κ3) is 7.59. The van der Waals surface area contributed by atoms with E-state index in [-0.39, 0.29) is 19.1 Å². The molecular weight excluding hydrogens is 541 g/mol. The number of oxazole rings is 1. The van der Waals surface area contributed by atoms with Gasteiger partial charge in [0.05, 0.1) is 24.0 Å². The molecule has 11 heteroatoms. The molecule has 41 heavy (non-hydrogen) atoms. The van der Waals surface area contributed by atoms with Crippen molar-refractivity contribution in [3.63, 3.8) is 0 Å². The fourth-order valence-electron chi connectivity index (χ4n) is 4.60. The number of alkyl halides is 3. The second-order valence-corrected chi connectivity index (χ2v) is 11.1. The first-order valence-electron chi connectivity index (χ1n) is 13.4. The van der Waals surface area contributed by atoms with Crippen LogP contribution in [0.5, 0.6) is 5.75 Å². The zero-order valence-corrected chi connectivity index (χ0v) is 23.5. The monoisotopic (exact) mass is 576 g/mol. The molecular formula is C30H35F3N2O6. The molecule has 8 nitrogen and oxygen atoms in total. The maximum Gasteiger partial charge on any atom is 0.416 e. The Morgan fingerprint density at radius 2 is 1.83 bits per heavy atom.